The Morgan fingerprint density at radius 3 is 2.94 bits per heavy atom. The highest BCUT2D eigenvalue weighted by Gasteiger charge is 2.25. The van der Waals surface area contributed by atoms with Gasteiger partial charge in [0.05, 0.1) is 24.1 Å². The molecule has 0 bridgehead atoms. The van der Waals surface area contributed by atoms with Gasteiger partial charge < -0.3 is 25.0 Å². The number of hydrogen-bond donors (Lipinski definition) is 2. The Bertz CT molecular complexity index is 1010. The first-order valence-corrected chi connectivity index (χ1v) is 11.2. The second-order valence-electron chi connectivity index (χ2n) is 7.81. The van der Waals surface area contributed by atoms with Gasteiger partial charge >= 0.3 is 6.09 Å². The number of halogens is 1. The van der Waals surface area contributed by atoms with Crippen LogP contribution in [0.15, 0.2) is 46.3 Å². The van der Waals surface area contributed by atoms with E-state index in [0.29, 0.717) is 30.8 Å². The number of benzene rings is 1. The fraction of sp³-hybridized carbons (Fsp3) is 0.417. The zero-order valence-corrected chi connectivity index (χ0v) is 19.4. The maximum Gasteiger partial charge on any atom is 0.410 e. The van der Waals surface area contributed by atoms with Gasteiger partial charge in [-0.15, -0.1) is 0 Å². The van der Waals surface area contributed by atoms with Crippen LogP contribution in [0.5, 0.6) is 0 Å². The van der Waals surface area contributed by atoms with Crippen molar-refractivity contribution in [3.63, 3.8) is 0 Å². The quantitative estimate of drug-likeness (QED) is 0.327. The van der Waals surface area contributed by atoms with E-state index in [9.17, 15) is 14.0 Å². The number of dihydropyridines is 1. The fourth-order valence-electron chi connectivity index (χ4n) is 3.47. The number of nitrogens with zero attached hydrogens (tertiary/aromatic N) is 3. The van der Waals surface area contributed by atoms with E-state index in [-0.39, 0.29) is 18.7 Å². The van der Waals surface area contributed by atoms with Crippen LogP contribution >= 0.6 is 0 Å². The molecule has 2 heterocycles. The summed E-state index contributed by atoms with van der Waals surface area (Å²) in [6.45, 7) is 3.18. The van der Waals surface area contributed by atoms with Crippen molar-refractivity contribution in [2.45, 2.75) is 38.9 Å². The monoisotopic (exact) mass is 471 g/mol. The summed E-state index contributed by atoms with van der Waals surface area (Å²) < 4.78 is 24.8. The maximum absolute atomic E-state index is 14.7. The number of unbranched alkanes of at least 4 members (excludes halogenated alkanes) is 1. The number of fused-ring (bicyclic) bond motifs is 1. The first-order chi connectivity index (χ1) is 16.5. The van der Waals surface area contributed by atoms with Crippen molar-refractivity contribution in [2.75, 3.05) is 26.9 Å². The van der Waals surface area contributed by atoms with Crippen molar-refractivity contribution in [3.05, 3.63) is 58.6 Å². The van der Waals surface area contributed by atoms with Crippen molar-refractivity contribution in [1.29, 1.82) is 0 Å². The van der Waals surface area contributed by atoms with Crippen LogP contribution in [0.25, 0.3) is 0 Å². The Labute approximate surface area is 198 Å². The lowest BCUT2D eigenvalue weighted by molar-refractivity contribution is 0.0688. The molecule has 2 aliphatic heterocycles. The van der Waals surface area contributed by atoms with Gasteiger partial charge in [0, 0.05) is 26.4 Å². The summed E-state index contributed by atoms with van der Waals surface area (Å²) >= 11 is 0. The second kappa shape index (κ2) is 12.6. The van der Waals surface area contributed by atoms with Crippen LogP contribution in [0.4, 0.5) is 9.18 Å². The average Bonchev–Trinajstić information content (AvgIpc) is 2.83. The highest BCUT2D eigenvalue weighted by atomic mass is 19.1. The lowest BCUT2D eigenvalue weighted by atomic mass is 9.96. The van der Waals surface area contributed by atoms with Gasteiger partial charge in [-0.3, -0.25) is 4.79 Å². The van der Waals surface area contributed by atoms with Crippen molar-refractivity contribution >= 4 is 24.4 Å². The van der Waals surface area contributed by atoms with E-state index >= 15 is 0 Å². The van der Waals surface area contributed by atoms with E-state index in [2.05, 4.69) is 27.8 Å². The van der Waals surface area contributed by atoms with Crippen molar-refractivity contribution in [1.82, 2.24) is 15.5 Å². The Balaban J connectivity index is 1.62. The van der Waals surface area contributed by atoms with Crippen molar-refractivity contribution < 1.29 is 23.5 Å². The molecule has 9 nitrogen and oxygen atoms in total. The fourth-order valence-corrected chi connectivity index (χ4v) is 3.47. The zero-order valence-electron chi connectivity index (χ0n) is 19.4. The van der Waals surface area contributed by atoms with Gasteiger partial charge in [0.25, 0.3) is 5.91 Å². The van der Waals surface area contributed by atoms with Crippen LogP contribution in [0.2, 0.25) is 0 Å². The lowest BCUT2D eigenvalue weighted by Gasteiger charge is -2.28. The van der Waals surface area contributed by atoms with Crippen LogP contribution in [0.3, 0.4) is 0 Å². The minimum atomic E-state index is -0.602. The summed E-state index contributed by atoms with van der Waals surface area (Å²) in [6, 6.07) is 2.87. The standard InChI is InChI=1S/C24H30FN5O4/c1-3-4-9-26-27-15-19-6-5-7-22(28-19)29-23(31)20-13-18-16-30(24(32)34-12-11-33-2)10-8-17(18)14-21(20)25/h5-7,9,13-15,22,28H,3-4,8,10-12,16H2,1-2H3,(H,29,31)/b26-9+,27-15+. The van der Waals surface area contributed by atoms with E-state index in [1.165, 1.54) is 24.1 Å². The number of ether oxygens (including phenoxy) is 2. The summed E-state index contributed by atoms with van der Waals surface area (Å²) in [6.07, 6.45) is 9.90. The molecule has 0 saturated heterocycles. The predicted octanol–water partition coefficient (Wildman–Crippen LogP) is 2.92. The first-order valence-electron chi connectivity index (χ1n) is 11.2. The number of rotatable bonds is 9. The van der Waals surface area contributed by atoms with Crippen LogP contribution in [-0.2, 0) is 22.4 Å². The minimum absolute atomic E-state index is 0.0857. The van der Waals surface area contributed by atoms with Gasteiger partial charge in [-0.1, -0.05) is 19.4 Å². The Morgan fingerprint density at radius 1 is 1.29 bits per heavy atom. The van der Waals surface area contributed by atoms with Crippen LogP contribution in [0, 0.1) is 5.82 Å². The molecule has 0 radical (unpaired) electrons. The van der Waals surface area contributed by atoms with Crippen molar-refractivity contribution in [3.8, 4) is 0 Å². The van der Waals surface area contributed by atoms with E-state index in [1.54, 1.807) is 30.7 Å². The lowest BCUT2D eigenvalue weighted by Crippen LogP contribution is -2.45. The Morgan fingerprint density at radius 2 is 2.15 bits per heavy atom. The van der Waals surface area contributed by atoms with E-state index < -0.39 is 24.0 Å². The van der Waals surface area contributed by atoms with Gasteiger partial charge in [0.15, 0.2) is 0 Å². The van der Waals surface area contributed by atoms with Gasteiger partial charge in [0.2, 0.25) is 0 Å². The highest BCUT2D eigenvalue weighted by Crippen LogP contribution is 2.23. The molecule has 182 valence electrons. The van der Waals surface area contributed by atoms with Crippen LogP contribution in [-0.4, -0.2) is 62.4 Å². The van der Waals surface area contributed by atoms with Gasteiger partial charge in [-0.25, -0.2) is 9.18 Å². The number of nitrogens with one attached hydrogen (secondary N) is 2. The Hall–Kier alpha value is -3.53. The summed E-state index contributed by atoms with van der Waals surface area (Å²) in [7, 11) is 1.53. The molecule has 1 aromatic carbocycles. The van der Waals surface area contributed by atoms with Gasteiger partial charge in [-0.2, -0.15) is 10.2 Å². The van der Waals surface area contributed by atoms with Crippen LogP contribution < -0.4 is 10.6 Å². The smallest absolute Gasteiger partial charge is 0.410 e. The molecule has 2 aliphatic rings. The molecule has 10 heteroatoms. The first kappa shape index (κ1) is 25.1. The molecular weight excluding hydrogens is 441 g/mol. The normalized spacial score (nSPS) is 17.4. The summed E-state index contributed by atoms with van der Waals surface area (Å²) in [4.78, 5) is 26.6. The highest BCUT2D eigenvalue weighted by molar-refractivity contribution is 5.95. The van der Waals surface area contributed by atoms with Crippen molar-refractivity contribution in [2.24, 2.45) is 10.2 Å². The number of carbonyl (C=O) groups is 2. The zero-order chi connectivity index (χ0) is 24.3. The third-order valence-electron chi connectivity index (χ3n) is 5.27. The SMILES string of the molecule is CCC/C=N/N=C/C1=CC=CC(NC(=O)c2cc3c(cc2F)CCN(C(=O)OCCOC)C3)N1. The number of methoxy groups -OCH3 is 1. The summed E-state index contributed by atoms with van der Waals surface area (Å²) in [5.41, 5.74) is 2.06. The molecule has 34 heavy (non-hydrogen) atoms. The summed E-state index contributed by atoms with van der Waals surface area (Å²) in [5.74, 6) is -1.17. The number of carbonyl (C=O) groups excluding carboxylic acids is 2. The molecule has 1 unspecified atom stereocenters. The topological polar surface area (TPSA) is 105 Å². The largest absolute Gasteiger partial charge is 0.447 e. The van der Waals surface area contributed by atoms with E-state index in [4.69, 9.17) is 9.47 Å². The second-order valence-corrected chi connectivity index (χ2v) is 7.81. The molecular formula is C24H30FN5O4. The Kier molecular flexibility index (Phi) is 9.33. The number of hydrogen-bond acceptors (Lipinski definition) is 7. The van der Waals surface area contributed by atoms with Gasteiger partial charge in [0.1, 0.15) is 18.6 Å². The van der Waals surface area contributed by atoms with Crippen LogP contribution in [0.1, 0.15) is 41.3 Å². The number of allylic oxidation sites excluding steroid dienone is 3. The molecule has 1 atom stereocenters. The minimum Gasteiger partial charge on any atom is -0.447 e. The molecule has 0 aromatic heterocycles. The van der Waals surface area contributed by atoms with E-state index in [0.717, 1.165) is 18.4 Å². The molecule has 3 rings (SSSR count). The molecule has 1 aromatic rings. The molecule has 0 aliphatic carbocycles. The maximum atomic E-state index is 14.7. The predicted molar refractivity (Wildman–Crippen MR) is 127 cm³/mol. The molecule has 0 fully saturated rings. The third kappa shape index (κ3) is 6.98. The van der Waals surface area contributed by atoms with Gasteiger partial charge in [-0.05, 0) is 48.3 Å². The third-order valence-corrected chi connectivity index (χ3v) is 5.27. The average molecular weight is 472 g/mol. The van der Waals surface area contributed by atoms with E-state index in [1.807, 2.05) is 0 Å². The molecule has 0 spiro atoms. The summed E-state index contributed by atoms with van der Waals surface area (Å²) in [5, 5.41) is 13.8. The number of amides is 2. The molecule has 2 N–H and O–H groups in total. The molecule has 0 saturated carbocycles. The molecule has 2 amide bonds.